The largest absolute Gasteiger partial charge is 0.480 e. The lowest BCUT2D eigenvalue weighted by atomic mass is 10.00. The second-order valence-electron chi connectivity index (χ2n) is 5.70. The highest BCUT2D eigenvalue weighted by Gasteiger charge is 2.24. The van der Waals surface area contributed by atoms with Gasteiger partial charge in [-0.3, -0.25) is 4.79 Å². The third-order valence-electron chi connectivity index (χ3n) is 4.01. The number of amides is 1. The smallest absolute Gasteiger partial charge is 0.326 e. The van der Waals surface area contributed by atoms with E-state index < -0.39 is 17.9 Å². The zero-order valence-corrected chi connectivity index (χ0v) is 14.7. The number of aliphatic hydroxyl groups is 1. The third kappa shape index (κ3) is 6.42. The van der Waals surface area contributed by atoms with Crippen molar-refractivity contribution >= 4 is 23.6 Å². The predicted octanol–water partition coefficient (Wildman–Crippen LogP) is 0.953. The molecule has 1 heterocycles. The maximum Gasteiger partial charge on any atom is 0.326 e. The third-order valence-corrected chi connectivity index (χ3v) is 4.65. The fourth-order valence-electron chi connectivity index (χ4n) is 2.69. The zero-order chi connectivity index (χ0) is 17.9. The van der Waals surface area contributed by atoms with Crippen LogP contribution in [0.1, 0.15) is 32.1 Å². The fourth-order valence-corrected chi connectivity index (χ4v) is 3.16. The number of hydrogen-bond donors (Lipinski definition) is 3. The van der Waals surface area contributed by atoms with Crippen LogP contribution in [0.5, 0.6) is 0 Å². The Labute approximate surface area is 146 Å². The zero-order valence-electron chi connectivity index (χ0n) is 13.9. The van der Waals surface area contributed by atoms with Gasteiger partial charge in [0, 0.05) is 25.4 Å². The van der Waals surface area contributed by atoms with E-state index in [1.165, 1.54) is 18.0 Å². The molecule has 1 aliphatic heterocycles. The SMILES string of the molecule is CSCCC(NC(=O)/C(C#N)=C\N1CCCCC1CCO)C(=O)O. The number of rotatable bonds is 9. The average molecular weight is 355 g/mol. The van der Waals surface area contributed by atoms with Gasteiger partial charge in [-0.25, -0.2) is 4.79 Å². The van der Waals surface area contributed by atoms with E-state index in [2.05, 4.69) is 5.32 Å². The van der Waals surface area contributed by atoms with E-state index in [4.69, 9.17) is 5.11 Å². The first-order valence-electron chi connectivity index (χ1n) is 8.04. The summed E-state index contributed by atoms with van der Waals surface area (Å²) in [6.45, 7) is 0.775. The number of nitriles is 1. The minimum Gasteiger partial charge on any atom is -0.480 e. The summed E-state index contributed by atoms with van der Waals surface area (Å²) < 4.78 is 0. The first-order valence-corrected chi connectivity index (χ1v) is 9.44. The maximum atomic E-state index is 12.2. The summed E-state index contributed by atoms with van der Waals surface area (Å²) in [7, 11) is 0. The number of thioether (sulfide) groups is 1. The molecule has 1 amide bonds. The molecule has 0 saturated carbocycles. The maximum absolute atomic E-state index is 12.2. The lowest BCUT2D eigenvalue weighted by molar-refractivity contribution is -0.141. The van der Waals surface area contributed by atoms with E-state index in [-0.39, 0.29) is 18.2 Å². The van der Waals surface area contributed by atoms with Gasteiger partial charge in [-0.1, -0.05) is 0 Å². The summed E-state index contributed by atoms with van der Waals surface area (Å²) in [4.78, 5) is 25.4. The molecule has 2 unspecified atom stereocenters. The first-order chi connectivity index (χ1) is 11.5. The van der Waals surface area contributed by atoms with Gasteiger partial charge in [0.25, 0.3) is 5.91 Å². The Hall–Kier alpha value is -1.72. The minimum absolute atomic E-state index is 0.0544. The van der Waals surface area contributed by atoms with Crippen LogP contribution < -0.4 is 5.32 Å². The molecule has 0 spiro atoms. The number of piperidine rings is 1. The molecule has 7 nitrogen and oxygen atoms in total. The molecular formula is C16H25N3O4S. The van der Waals surface area contributed by atoms with Crippen molar-refractivity contribution in [3.63, 3.8) is 0 Å². The van der Waals surface area contributed by atoms with Crippen molar-refractivity contribution in [1.29, 1.82) is 5.26 Å². The van der Waals surface area contributed by atoms with E-state index in [1.54, 1.807) is 0 Å². The quantitative estimate of drug-likeness (QED) is 0.417. The summed E-state index contributed by atoms with van der Waals surface area (Å²) >= 11 is 1.50. The molecule has 2 atom stereocenters. The summed E-state index contributed by atoms with van der Waals surface area (Å²) in [5, 5.41) is 30.0. The highest BCUT2D eigenvalue weighted by Crippen LogP contribution is 2.20. The molecule has 1 fully saturated rings. The number of carboxylic acid groups (broad SMARTS) is 1. The molecule has 1 aliphatic rings. The molecule has 1 rings (SSSR count). The number of nitrogens with one attached hydrogen (secondary N) is 1. The van der Waals surface area contributed by atoms with Crippen molar-refractivity contribution in [2.75, 3.05) is 25.2 Å². The van der Waals surface area contributed by atoms with Gasteiger partial charge in [0.15, 0.2) is 0 Å². The standard InChI is InChI=1S/C16H25N3O4S/c1-24-9-6-14(16(22)23)18-15(21)12(10-17)11-19-7-3-2-4-13(19)5-8-20/h11,13-14,20H,2-9H2,1H3,(H,18,21)(H,22,23)/b12-11-. The van der Waals surface area contributed by atoms with Gasteiger partial charge in [0.1, 0.15) is 17.7 Å². The topological polar surface area (TPSA) is 114 Å². The van der Waals surface area contributed by atoms with Crippen LogP contribution in [0, 0.1) is 11.3 Å². The molecule has 0 aromatic carbocycles. The first kappa shape index (κ1) is 20.3. The number of carbonyl (C=O) groups excluding carboxylic acids is 1. The molecule has 134 valence electrons. The van der Waals surface area contributed by atoms with Gasteiger partial charge in [0.05, 0.1) is 0 Å². The number of aliphatic hydroxyl groups excluding tert-OH is 1. The Morgan fingerprint density at radius 1 is 1.50 bits per heavy atom. The van der Waals surface area contributed by atoms with E-state index >= 15 is 0 Å². The molecular weight excluding hydrogens is 330 g/mol. The second kappa shape index (κ2) is 10.9. The number of carbonyl (C=O) groups is 2. The van der Waals surface area contributed by atoms with Crippen molar-refractivity contribution in [3.8, 4) is 6.07 Å². The molecule has 0 bridgehead atoms. The van der Waals surface area contributed by atoms with E-state index in [0.29, 0.717) is 18.6 Å². The Kier molecular flexibility index (Phi) is 9.27. The molecule has 0 aromatic heterocycles. The van der Waals surface area contributed by atoms with Gasteiger partial charge >= 0.3 is 5.97 Å². The Morgan fingerprint density at radius 3 is 2.83 bits per heavy atom. The lowest BCUT2D eigenvalue weighted by Crippen LogP contribution is -2.42. The van der Waals surface area contributed by atoms with Gasteiger partial charge in [-0.2, -0.15) is 17.0 Å². The normalized spacial score (nSPS) is 19.5. The highest BCUT2D eigenvalue weighted by molar-refractivity contribution is 7.98. The van der Waals surface area contributed by atoms with E-state index in [0.717, 1.165) is 25.8 Å². The molecule has 0 radical (unpaired) electrons. The number of hydrogen-bond acceptors (Lipinski definition) is 6. The van der Waals surface area contributed by atoms with E-state index in [9.17, 15) is 20.0 Å². The number of aliphatic carboxylic acids is 1. The van der Waals surface area contributed by atoms with Crippen LogP contribution in [0.4, 0.5) is 0 Å². The van der Waals surface area contributed by atoms with Gasteiger partial charge < -0.3 is 20.4 Å². The summed E-state index contributed by atoms with van der Waals surface area (Å²) in [6, 6.07) is 0.959. The van der Waals surface area contributed by atoms with Crippen molar-refractivity contribution in [1.82, 2.24) is 10.2 Å². The van der Waals surface area contributed by atoms with Crippen LogP contribution in [0.2, 0.25) is 0 Å². The fraction of sp³-hybridized carbons (Fsp3) is 0.688. The summed E-state index contributed by atoms with van der Waals surface area (Å²) in [5.41, 5.74) is -0.102. The molecule has 1 saturated heterocycles. The lowest BCUT2D eigenvalue weighted by Gasteiger charge is -2.34. The Morgan fingerprint density at radius 2 is 2.25 bits per heavy atom. The highest BCUT2D eigenvalue weighted by atomic mass is 32.2. The van der Waals surface area contributed by atoms with Crippen LogP contribution in [0.15, 0.2) is 11.8 Å². The summed E-state index contributed by atoms with van der Waals surface area (Å²) in [6.07, 6.45) is 7.17. The monoisotopic (exact) mass is 355 g/mol. The van der Waals surface area contributed by atoms with E-state index in [1.807, 2.05) is 17.2 Å². The van der Waals surface area contributed by atoms with Gasteiger partial charge in [0.2, 0.25) is 0 Å². The molecule has 0 aromatic rings. The number of carboxylic acids is 1. The predicted molar refractivity (Wildman–Crippen MR) is 92.3 cm³/mol. The summed E-state index contributed by atoms with van der Waals surface area (Å²) in [5.74, 6) is -1.17. The Balaban J connectivity index is 2.80. The van der Waals surface area contributed by atoms with Crippen LogP contribution in [-0.4, -0.2) is 64.2 Å². The molecule has 0 aliphatic carbocycles. The number of nitrogens with zero attached hydrogens (tertiary/aromatic N) is 2. The van der Waals surface area contributed by atoms with Crippen molar-refractivity contribution in [2.45, 2.75) is 44.2 Å². The second-order valence-corrected chi connectivity index (χ2v) is 6.69. The van der Waals surface area contributed by atoms with Crippen LogP contribution in [0.25, 0.3) is 0 Å². The molecule has 8 heteroatoms. The van der Waals surface area contributed by atoms with Crippen LogP contribution >= 0.6 is 11.8 Å². The van der Waals surface area contributed by atoms with Gasteiger partial charge in [-0.05, 0) is 44.1 Å². The average Bonchev–Trinajstić information content (AvgIpc) is 2.57. The minimum atomic E-state index is -1.11. The van der Waals surface area contributed by atoms with Crippen molar-refractivity contribution in [2.24, 2.45) is 0 Å². The molecule has 24 heavy (non-hydrogen) atoms. The van der Waals surface area contributed by atoms with Crippen LogP contribution in [-0.2, 0) is 9.59 Å². The molecule has 3 N–H and O–H groups in total. The van der Waals surface area contributed by atoms with Gasteiger partial charge in [-0.15, -0.1) is 0 Å². The number of likely N-dealkylation sites (tertiary alicyclic amines) is 1. The van der Waals surface area contributed by atoms with Crippen molar-refractivity contribution < 1.29 is 19.8 Å². The van der Waals surface area contributed by atoms with Crippen LogP contribution in [0.3, 0.4) is 0 Å². The Bertz CT molecular complexity index is 502. The van der Waals surface area contributed by atoms with Crippen molar-refractivity contribution in [3.05, 3.63) is 11.8 Å².